The monoisotopic (exact) mass is 326 g/mol. The minimum Gasteiger partial charge on any atom is -0.322 e. The molecule has 116 valence electrons. The Morgan fingerprint density at radius 3 is 2.96 bits per heavy atom. The first kappa shape index (κ1) is 15.2. The van der Waals surface area contributed by atoms with Gasteiger partial charge in [-0.15, -0.1) is 11.8 Å². The number of nitrogens with one attached hydrogen (secondary N) is 2. The van der Waals surface area contributed by atoms with Gasteiger partial charge < -0.3 is 10.3 Å². The number of fused-ring (bicyclic) bond motifs is 1. The van der Waals surface area contributed by atoms with Crippen molar-refractivity contribution in [3.05, 3.63) is 58.8 Å². The standard InChI is InChI=1S/C16H14N4O2S/c1-2-23-14-7-10(5-6-17-14)15(21)20-11-3-4-13-12(8-11)16(22)19-9-18-13/h3-9H,2H2,1H3,(H,20,21)(H,18,19,22). The molecule has 0 unspecified atom stereocenters. The average molecular weight is 326 g/mol. The molecule has 1 amide bonds. The van der Waals surface area contributed by atoms with Gasteiger partial charge in [-0.05, 0) is 36.1 Å². The van der Waals surface area contributed by atoms with E-state index in [-0.39, 0.29) is 11.5 Å². The maximum Gasteiger partial charge on any atom is 0.258 e. The summed E-state index contributed by atoms with van der Waals surface area (Å²) >= 11 is 1.57. The molecule has 3 rings (SSSR count). The zero-order valence-electron chi connectivity index (χ0n) is 12.4. The minimum atomic E-state index is -0.245. The van der Waals surface area contributed by atoms with Crippen LogP contribution in [0.3, 0.4) is 0 Å². The molecule has 6 nitrogen and oxygen atoms in total. The third-order valence-electron chi connectivity index (χ3n) is 3.19. The lowest BCUT2D eigenvalue weighted by molar-refractivity contribution is 0.102. The van der Waals surface area contributed by atoms with Crippen LogP contribution in [0.4, 0.5) is 5.69 Å². The van der Waals surface area contributed by atoms with Gasteiger partial charge in [-0.2, -0.15) is 0 Å². The minimum absolute atomic E-state index is 0.239. The molecule has 0 saturated heterocycles. The van der Waals surface area contributed by atoms with Crippen LogP contribution >= 0.6 is 11.8 Å². The van der Waals surface area contributed by atoms with E-state index >= 15 is 0 Å². The summed E-state index contributed by atoms with van der Waals surface area (Å²) in [6.07, 6.45) is 2.97. The molecule has 23 heavy (non-hydrogen) atoms. The molecule has 0 aliphatic rings. The molecule has 0 aliphatic heterocycles. The molecule has 3 aromatic rings. The summed E-state index contributed by atoms with van der Waals surface area (Å²) < 4.78 is 0. The zero-order chi connectivity index (χ0) is 16.2. The van der Waals surface area contributed by atoms with Crippen molar-refractivity contribution in [2.75, 3.05) is 11.1 Å². The largest absolute Gasteiger partial charge is 0.322 e. The molecular formula is C16H14N4O2S. The summed E-state index contributed by atoms with van der Waals surface area (Å²) in [4.78, 5) is 34.9. The Kier molecular flexibility index (Phi) is 4.38. The van der Waals surface area contributed by atoms with Crippen LogP contribution in [0.15, 0.2) is 52.7 Å². The van der Waals surface area contributed by atoms with Gasteiger partial charge in [-0.25, -0.2) is 9.97 Å². The molecule has 2 heterocycles. The van der Waals surface area contributed by atoms with Gasteiger partial charge in [-0.3, -0.25) is 9.59 Å². The summed E-state index contributed by atoms with van der Waals surface area (Å²) in [7, 11) is 0. The van der Waals surface area contributed by atoms with Gasteiger partial charge >= 0.3 is 0 Å². The number of benzene rings is 1. The Bertz CT molecular complexity index is 923. The predicted octanol–water partition coefficient (Wildman–Crippen LogP) is 2.68. The van der Waals surface area contributed by atoms with E-state index in [0.717, 1.165) is 10.8 Å². The summed E-state index contributed by atoms with van der Waals surface area (Å²) in [5.74, 6) is 0.642. The van der Waals surface area contributed by atoms with Crippen LogP contribution in [0.5, 0.6) is 0 Å². The first-order chi connectivity index (χ1) is 11.2. The number of hydrogen-bond donors (Lipinski definition) is 2. The van der Waals surface area contributed by atoms with Crippen LogP contribution in [-0.2, 0) is 0 Å². The van der Waals surface area contributed by atoms with E-state index in [1.54, 1.807) is 48.3 Å². The van der Waals surface area contributed by atoms with Gasteiger partial charge in [0.05, 0.1) is 22.3 Å². The molecule has 7 heteroatoms. The molecule has 1 aromatic carbocycles. The molecule has 0 fully saturated rings. The van der Waals surface area contributed by atoms with Crippen molar-refractivity contribution in [3.63, 3.8) is 0 Å². The number of rotatable bonds is 4. The van der Waals surface area contributed by atoms with E-state index < -0.39 is 0 Å². The van der Waals surface area contributed by atoms with Crippen LogP contribution in [0, 0.1) is 0 Å². The van der Waals surface area contributed by atoms with Crippen molar-refractivity contribution in [2.24, 2.45) is 0 Å². The molecule has 0 radical (unpaired) electrons. The van der Waals surface area contributed by atoms with E-state index in [9.17, 15) is 9.59 Å². The lowest BCUT2D eigenvalue weighted by Gasteiger charge is -2.07. The molecule has 0 spiro atoms. The van der Waals surface area contributed by atoms with Crippen LogP contribution in [0.1, 0.15) is 17.3 Å². The molecule has 0 aliphatic carbocycles. The average Bonchev–Trinajstić information content (AvgIpc) is 2.56. The molecule has 2 aromatic heterocycles. The topological polar surface area (TPSA) is 87.7 Å². The number of carbonyl (C=O) groups excluding carboxylic acids is 1. The zero-order valence-corrected chi connectivity index (χ0v) is 13.2. The Hall–Kier alpha value is -2.67. The number of carbonyl (C=O) groups is 1. The van der Waals surface area contributed by atoms with Gasteiger partial charge in [0.2, 0.25) is 0 Å². The van der Waals surface area contributed by atoms with Crippen LogP contribution in [0.2, 0.25) is 0 Å². The predicted molar refractivity (Wildman–Crippen MR) is 91.0 cm³/mol. The fourth-order valence-corrected chi connectivity index (χ4v) is 2.77. The second-order valence-electron chi connectivity index (χ2n) is 4.73. The van der Waals surface area contributed by atoms with Gasteiger partial charge in [0, 0.05) is 17.4 Å². The highest BCUT2D eigenvalue weighted by atomic mass is 32.2. The van der Waals surface area contributed by atoms with E-state index in [1.807, 2.05) is 6.92 Å². The maximum absolute atomic E-state index is 12.3. The van der Waals surface area contributed by atoms with Crippen LogP contribution in [0.25, 0.3) is 10.9 Å². The summed E-state index contributed by atoms with van der Waals surface area (Å²) in [6, 6.07) is 8.44. The number of anilines is 1. The fraction of sp³-hybridized carbons (Fsp3) is 0.125. The smallest absolute Gasteiger partial charge is 0.258 e. The van der Waals surface area contributed by atoms with E-state index in [0.29, 0.717) is 22.2 Å². The first-order valence-electron chi connectivity index (χ1n) is 7.05. The van der Waals surface area contributed by atoms with E-state index in [4.69, 9.17) is 0 Å². The Balaban J connectivity index is 1.86. The molecule has 0 atom stereocenters. The van der Waals surface area contributed by atoms with Crippen molar-refractivity contribution in [3.8, 4) is 0 Å². The van der Waals surface area contributed by atoms with E-state index in [1.165, 1.54) is 6.33 Å². The summed E-state index contributed by atoms with van der Waals surface area (Å²) in [5.41, 5.74) is 1.41. The third kappa shape index (κ3) is 3.40. The SMILES string of the molecule is CCSc1cc(C(=O)Nc2ccc3nc[nH]c(=O)c3c2)ccn1. The van der Waals surface area contributed by atoms with Gasteiger partial charge in [0.25, 0.3) is 11.5 Å². The highest BCUT2D eigenvalue weighted by Crippen LogP contribution is 2.18. The number of amides is 1. The molecule has 0 bridgehead atoms. The fourth-order valence-electron chi connectivity index (χ4n) is 2.13. The number of aromatic nitrogens is 3. The van der Waals surface area contributed by atoms with Crippen LogP contribution in [-0.4, -0.2) is 26.6 Å². The second kappa shape index (κ2) is 6.62. The number of hydrogen-bond acceptors (Lipinski definition) is 5. The number of aromatic amines is 1. The van der Waals surface area contributed by atoms with Gasteiger partial charge in [-0.1, -0.05) is 6.92 Å². The molecule has 2 N–H and O–H groups in total. The molecule has 0 saturated carbocycles. The maximum atomic E-state index is 12.3. The normalized spacial score (nSPS) is 10.7. The second-order valence-corrected chi connectivity index (χ2v) is 6.02. The van der Waals surface area contributed by atoms with Crippen molar-refractivity contribution in [1.29, 1.82) is 0 Å². The van der Waals surface area contributed by atoms with E-state index in [2.05, 4.69) is 20.3 Å². The quantitative estimate of drug-likeness (QED) is 0.720. The number of pyridine rings is 1. The number of thioether (sulfide) groups is 1. The van der Waals surface area contributed by atoms with Crippen molar-refractivity contribution in [2.45, 2.75) is 11.9 Å². The highest BCUT2D eigenvalue weighted by molar-refractivity contribution is 7.99. The Morgan fingerprint density at radius 2 is 2.13 bits per heavy atom. The number of H-pyrrole nitrogens is 1. The first-order valence-corrected chi connectivity index (χ1v) is 8.03. The Morgan fingerprint density at radius 1 is 1.26 bits per heavy atom. The van der Waals surface area contributed by atoms with Gasteiger partial charge in [0.1, 0.15) is 0 Å². The number of nitrogens with zero attached hydrogens (tertiary/aromatic N) is 2. The Labute approximate surface area is 136 Å². The van der Waals surface area contributed by atoms with Crippen molar-refractivity contribution < 1.29 is 4.79 Å². The third-order valence-corrected chi connectivity index (χ3v) is 4.00. The molecular weight excluding hydrogens is 312 g/mol. The summed E-state index contributed by atoms with van der Waals surface area (Å²) in [5, 5.41) is 4.03. The van der Waals surface area contributed by atoms with Crippen molar-refractivity contribution in [1.82, 2.24) is 15.0 Å². The summed E-state index contributed by atoms with van der Waals surface area (Å²) in [6.45, 7) is 2.03. The lowest BCUT2D eigenvalue weighted by atomic mass is 10.2. The highest BCUT2D eigenvalue weighted by Gasteiger charge is 2.09. The van der Waals surface area contributed by atoms with Crippen LogP contribution < -0.4 is 10.9 Å². The van der Waals surface area contributed by atoms with Gasteiger partial charge in [0.15, 0.2) is 0 Å². The van der Waals surface area contributed by atoms with Crippen molar-refractivity contribution >= 4 is 34.3 Å². The lowest BCUT2D eigenvalue weighted by Crippen LogP contribution is -2.13.